The minimum absolute atomic E-state index is 0.273. The van der Waals surface area contributed by atoms with Crippen LogP contribution in [0.2, 0.25) is 0 Å². The molecule has 0 radical (unpaired) electrons. The summed E-state index contributed by atoms with van der Waals surface area (Å²) in [6, 6.07) is 2.29. The molecule has 7 heteroatoms. The number of carboxylic acids is 1. The topological polar surface area (TPSA) is 55.8 Å². The monoisotopic (exact) mass is 304 g/mol. The van der Waals surface area contributed by atoms with Crippen molar-refractivity contribution < 1.29 is 28.2 Å². The number of hydrogen-bond acceptors (Lipinski definition) is 4. The van der Waals surface area contributed by atoms with Gasteiger partial charge in [-0.1, -0.05) is 6.07 Å². The first-order valence-electron chi connectivity index (χ1n) is 5.87. The molecule has 1 saturated heterocycles. The Labute approximate surface area is 119 Å². The van der Waals surface area contributed by atoms with E-state index in [0.29, 0.717) is 0 Å². The van der Waals surface area contributed by atoms with Crippen LogP contribution in [0, 0.1) is 11.6 Å². The Kier molecular flexibility index (Phi) is 3.93. The summed E-state index contributed by atoms with van der Waals surface area (Å²) in [5.74, 6) is -3.60. The minimum Gasteiger partial charge on any atom is -0.493 e. The van der Waals surface area contributed by atoms with Crippen molar-refractivity contribution in [1.29, 1.82) is 0 Å². The first kappa shape index (κ1) is 15.1. The quantitative estimate of drug-likeness (QED) is 0.930. The number of carboxylic acid groups (broad SMARTS) is 1. The highest BCUT2D eigenvalue weighted by Crippen LogP contribution is 2.52. The molecule has 0 bridgehead atoms. The number of aliphatic carboxylic acids is 1. The predicted molar refractivity (Wildman–Crippen MR) is 69.8 cm³/mol. The molecule has 2 rings (SSSR count). The molecule has 110 valence electrons. The predicted octanol–water partition coefficient (Wildman–Crippen LogP) is 2.97. The second-order valence-electron chi connectivity index (χ2n) is 4.80. The van der Waals surface area contributed by atoms with E-state index in [1.165, 1.54) is 24.9 Å². The average molecular weight is 304 g/mol. The third kappa shape index (κ3) is 2.60. The van der Waals surface area contributed by atoms with Gasteiger partial charge in [-0.2, -0.15) is 4.39 Å². The van der Waals surface area contributed by atoms with Gasteiger partial charge in [0.1, 0.15) is 4.93 Å². The molecular weight excluding hydrogens is 290 g/mol. The van der Waals surface area contributed by atoms with Crippen LogP contribution in [0.3, 0.4) is 0 Å². The van der Waals surface area contributed by atoms with E-state index in [0.717, 1.165) is 6.07 Å². The summed E-state index contributed by atoms with van der Waals surface area (Å²) < 4.78 is 37.3. The van der Waals surface area contributed by atoms with Gasteiger partial charge in [0, 0.05) is 5.56 Å². The molecule has 1 aromatic rings. The van der Waals surface area contributed by atoms with E-state index in [2.05, 4.69) is 0 Å². The fourth-order valence-electron chi connectivity index (χ4n) is 2.15. The number of thioether (sulfide) groups is 1. The van der Waals surface area contributed by atoms with Crippen LogP contribution in [0.15, 0.2) is 12.1 Å². The van der Waals surface area contributed by atoms with Gasteiger partial charge in [-0.05, 0) is 19.9 Å². The van der Waals surface area contributed by atoms with Gasteiger partial charge in [0.15, 0.2) is 17.7 Å². The maximum Gasteiger partial charge on any atom is 0.334 e. The summed E-state index contributed by atoms with van der Waals surface area (Å²) in [5.41, 5.74) is 0.273. The largest absolute Gasteiger partial charge is 0.493 e. The number of halogens is 2. The lowest BCUT2D eigenvalue weighted by Crippen LogP contribution is -2.27. The molecule has 1 aromatic carbocycles. The molecule has 4 nitrogen and oxygen atoms in total. The lowest BCUT2D eigenvalue weighted by molar-refractivity contribution is -0.152. The van der Waals surface area contributed by atoms with Crippen LogP contribution in [-0.4, -0.2) is 29.2 Å². The van der Waals surface area contributed by atoms with Crippen LogP contribution in [0.4, 0.5) is 8.78 Å². The fourth-order valence-corrected chi connectivity index (χ4v) is 3.53. The zero-order valence-corrected chi connectivity index (χ0v) is 12.0. The van der Waals surface area contributed by atoms with Gasteiger partial charge < -0.3 is 14.6 Å². The molecule has 0 unspecified atom stereocenters. The van der Waals surface area contributed by atoms with Crippen LogP contribution >= 0.6 is 11.8 Å². The van der Waals surface area contributed by atoms with E-state index < -0.39 is 33.9 Å². The van der Waals surface area contributed by atoms with Crippen molar-refractivity contribution >= 4 is 17.7 Å². The van der Waals surface area contributed by atoms with Crippen molar-refractivity contribution in [2.45, 2.75) is 30.1 Å². The number of rotatable bonds is 3. The minimum atomic E-state index is -1.15. The number of hydrogen-bond donors (Lipinski definition) is 1. The Hall–Kier alpha value is -1.34. The molecular formula is C13H14F2O4S. The highest BCUT2D eigenvalue weighted by molar-refractivity contribution is 8.01. The third-order valence-electron chi connectivity index (χ3n) is 2.93. The summed E-state index contributed by atoms with van der Waals surface area (Å²) in [4.78, 5) is 10.5. The molecule has 0 amide bonds. The lowest BCUT2D eigenvalue weighted by atomic mass is 10.1. The maximum atomic E-state index is 13.7. The van der Waals surface area contributed by atoms with Crippen LogP contribution in [0.1, 0.15) is 24.7 Å². The number of methoxy groups -OCH3 is 1. The van der Waals surface area contributed by atoms with E-state index in [-0.39, 0.29) is 11.3 Å². The third-order valence-corrected chi connectivity index (χ3v) is 4.35. The molecule has 1 fully saturated rings. The number of benzene rings is 1. The standard InChI is InChI=1S/C13H14F2O4S/c1-13(2)19-10(12(16)17)11(20-13)6-4-5-7(14)8(15)9(6)18-3/h4-5,10-11H,1-3H3,(H,16,17)/t10-,11+/m1/s1. The van der Waals surface area contributed by atoms with Crippen molar-refractivity contribution in [1.82, 2.24) is 0 Å². The molecule has 20 heavy (non-hydrogen) atoms. The number of carbonyl (C=O) groups is 1. The van der Waals surface area contributed by atoms with Crippen molar-refractivity contribution in [3.05, 3.63) is 29.3 Å². The van der Waals surface area contributed by atoms with Crippen LogP contribution in [-0.2, 0) is 9.53 Å². The van der Waals surface area contributed by atoms with Crippen molar-refractivity contribution in [2.24, 2.45) is 0 Å². The number of ether oxygens (including phenoxy) is 2. The Morgan fingerprint density at radius 2 is 2.10 bits per heavy atom. The highest BCUT2D eigenvalue weighted by Gasteiger charge is 2.47. The molecule has 1 heterocycles. The zero-order chi connectivity index (χ0) is 15.1. The van der Waals surface area contributed by atoms with E-state index in [1.807, 2.05) is 0 Å². The Balaban J connectivity index is 2.50. The molecule has 1 N–H and O–H groups in total. The summed E-state index contributed by atoms with van der Waals surface area (Å²) in [6.07, 6.45) is -1.14. The van der Waals surface area contributed by atoms with E-state index in [9.17, 15) is 18.7 Å². The Morgan fingerprint density at radius 1 is 1.45 bits per heavy atom. The van der Waals surface area contributed by atoms with Gasteiger partial charge in [-0.25, -0.2) is 9.18 Å². The SMILES string of the molecule is COc1c([C@@H]2SC(C)(C)O[C@H]2C(=O)O)ccc(F)c1F. The Bertz CT molecular complexity index is 547. The van der Waals surface area contributed by atoms with Gasteiger partial charge in [0.25, 0.3) is 0 Å². The van der Waals surface area contributed by atoms with Crippen molar-refractivity contribution in [3.63, 3.8) is 0 Å². The van der Waals surface area contributed by atoms with Crippen LogP contribution < -0.4 is 4.74 Å². The van der Waals surface area contributed by atoms with Crippen LogP contribution in [0.25, 0.3) is 0 Å². The van der Waals surface area contributed by atoms with Crippen LogP contribution in [0.5, 0.6) is 5.75 Å². The summed E-state index contributed by atoms with van der Waals surface area (Å²) >= 11 is 1.23. The van der Waals surface area contributed by atoms with E-state index in [4.69, 9.17) is 9.47 Å². The molecule has 0 aliphatic carbocycles. The first-order chi connectivity index (χ1) is 9.26. The fraction of sp³-hybridized carbons (Fsp3) is 0.462. The van der Waals surface area contributed by atoms with Gasteiger partial charge in [0.2, 0.25) is 5.82 Å². The molecule has 1 aliphatic rings. The molecule has 0 saturated carbocycles. The van der Waals surface area contributed by atoms with Crippen molar-refractivity contribution in [2.75, 3.05) is 7.11 Å². The van der Waals surface area contributed by atoms with Gasteiger partial charge >= 0.3 is 5.97 Å². The lowest BCUT2D eigenvalue weighted by Gasteiger charge is -2.17. The van der Waals surface area contributed by atoms with Crippen molar-refractivity contribution in [3.8, 4) is 5.75 Å². The van der Waals surface area contributed by atoms with E-state index in [1.54, 1.807) is 13.8 Å². The van der Waals surface area contributed by atoms with Gasteiger partial charge in [-0.3, -0.25) is 0 Å². The average Bonchev–Trinajstić information content (AvgIpc) is 2.68. The highest BCUT2D eigenvalue weighted by atomic mass is 32.2. The summed E-state index contributed by atoms with van der Waals surface area (Å²) in [6.45, 7) is 3.44. The molecule has 1 aliphatic heterocycles. The first-order valence-corrected chi connectivity index (χ1v) is 6.75. The summed E-state index contributed by atoms with van der Waals surface area (Å²) in [5, 5.41) is 8.54. The second-order valence-corrected chi connectivity index (χ2v) is 6.53. The molecule has 0 spiro atoms. The zero-order valence-electron chi connectivity index (χ0n) is 11.1. The van der Waals surface area contributed by atoms with E-state index >= 15 is 0 Å². The summed E-state index contributed by atoms with van der Waals surface area (Å²) in [7, 11) is 1.21. The maximum absolute atomic E-state index is 13.7. The second kappa shape index (κ2) is 5.21. The van der Waals surface area contributed by atoms with Gasteiger partial charge in [-0.15, -0.1) is 11.8 Å². The smallest absolute Gasteiger partial charge is 0.334 e. The molecule has 2 atom stereocenters. The molecule has 0 aromatic heterocycles. The Morgan fingerprint density at radius 3 is 2.65 bits per heavy atom. The normalized spacial score (nSPS) is 24.6. The van der Waals surface area contributed by atoms with Gasteiger partial charge in [0.05, 0.1) is 12.4 Å².